The van der Waals surface area contributed by atoms with Crippen molar-refractivity contribution in [3.8, 4) is 5.88 Å². The molecule has 3 rings (SSSR count). The standard InChI is InChI=1S/C21H23BrN4O/c1-5-26(4)13-24-19-12-18(22)21(25-14(19)2)27-15(3)17-9-8-16-7-6-10-23-20(16)11-17/h6-13,15H,5H2,1-4H3/b24-13+. The number of aliphatic imine (C=N–C) groups is 1. The van der Waals surface area contributed by atoms with E-state index in [-0.39, 0.29) is 6.10 Å². The molecule has 1 aromatic carbocycles. The van der Waals surface area contributed by atoms with Crippen molar-refractivity contribution >= 4 is 38.9 Å². The Morgan fingerprint density at radius 3 is 2.89 bits per heavy atom. The molecule has 27 heavy (non-hydrogen) atoms. The van der Waals surface area contributed by atoms with Crippen LogP contribution in [0.2, 0.25) is 0 Å². The Bertz CT molecular complexity index is 974. The third kappa shape index (κ3) is 4.63. The monoisotopic (exact) mass is 426 g/mol. The summed E-state index contributed by atoms with van der Waals surface area (Å²) in [5, 5.41) is 1.11. The highest BCUT2D eigenvalue weighted by atomic mass is 79.9. The van der Waals surface area contributed by atoms with E-state index in [4.69, 9.17) is 4.74 Å². The van der Waals surface area contributed by atoms with Gasteiger partial charge < -0.3 is 9.64 Å². The molecule has 0 bridgehead atoms. The van der Waals surface area contributed by atoms with E-state index >= 15 is 0 Å². The zero-order valence-electron chi connectivity index (χ0n) is 16.0. The Kier molecular flexibility index (Phi) is 6.06. The summed E-state index contributed by atoms with van der Waals surface area (Å²) in [7, 11) is 1.99. The molecule has 2 heterocycles. The van der Waals surface area contributed by atoms with Crippen molar-refractivity contribution in [2.24, 2.45) is 4.99 Å². The number of fused-ring (bicyclic) bond motifs is 1. The lowest BCUT2D eigenvalue weighted by Gasteiger charge is -2.17. The van der Waals surface area contributed by atoms with E-state index in [2.05, 4.69) is 56.0 Å². The predicted octanol–water partition coefficient (Wildman–Crippen LogP) is 5.45. The van der Waals surface area contributed by atoms with E-state index in [1.165, 1.54) is 0 Å². The molecule has 2 aromatic heterocycles. The number of hydrogen-bond donors (Lipinski definition) is 0. The van der Waals surface area contributed by atoms with Gasteiger partial charge in [-0.15, -0.1) is 0 Å². The summed E-state index contributed by atoms with van der Waals surface area (Å²) in [6.45, 7) is 6.92. The first-order valence-corrected chi connectivity index (χ1v) is 9.70. The smallest absolute Gasteiger partial charge is 0.228 e. The highest BCUT2D eigenvalue weighted by Gasteiger charge is 2.14. The SMILES string of the molecule is CCN(C)/C=N/c1cc(Br)c(OC(C)c2ccc3cccnc3c2)nc1C. The summed E-state index contributed by atoms with van der Waals surface area (Å²) in [5.41, 5.74) is 3.65. The second-order valence-electron chi connectivity index (χ2n) is 6.41. The van der Waals surface area contributed by atoms with E-state index in [1.807, 2.05) is 50.3 Å². The van der Waals surface area contributed by atoms with Gasteiger partial charge in [0.1, 0.15) is 6.10 Å². The molecule has 3 aromatic rings. The third-order valence-electron chi connectivity index (χ3n) is 4.39. The highest BCUT2D eigenvalue weighted by molar-refractivity contribution is 9.10. The summed E-state index contributed by atoms with van der Waals surface area (Å²) in [5.74, 6) is 0.559. The molecule has 0 radical (unpaired) electrons. The fourth-order valence-electron chi connectivity index (χ4n) is 2.58. The molecule has 0 fully saturated rings. The van der Waals surface area contributed by atoms with Crippen molar-refractivity contribution in [1.82, 2.24) is 14.9 Å². The Hall–Kier alpha value is -2.47. The first-order chi connectivity index (χ1) is 13.0. The zero-order chi connectivity index (χ0) is 19.4. The van der Waals surface area contributed by atoms with Gasteiger partial charge in [0.05, 0.1) is 27.7 Å². The minimum atomic E-state index is -0.153. The summed E-state index contributed by atoms with van der Waals surface area (Å²) in [4.78, 5) is 15.5. The quantitative estimate of drug-likeness (QED) is 0.388. The maximum Gasteiger partial charge on any atom is 0.228 e. The van der Waals surface area contributed by atoms with Gasteiger partial charge in [0.25, 0.3) is 0 Å². The molecule has 1 atom stereocenters. The molecule has 0 N–H and O–H groups in total. The summed E-state index contributed by atoms with van der Waals surface area (Å²) in [6, 6.07) is 12.1. The summed E-state index contributed by atoms with van der Waals surface area (Å²) >= 11 is 3.56. The van der Waals surface area contributed by atoms with E-state index in [9.17, 15) is 0 Å². The van der Waals surface area contributed by atoms with Crippen LogP contribution >= 0.6 is 15.9 Å². The van der Waals surface area contributed by atoms with Crippen LogP contribution in [0.5, 0.6) is 5.88 Å². The van der Waals surface area contributed by atoms with Crippen LogP contribution in [0.3, 0.4) is 0 Å². The number of benzene rings is 1. The number of nitrogens with zero attached hydrogens (tertiary/aromatic N) is 4. The van der Waals surface area contributed by atoms with Crippen LogP contribution in [-0.2, 0) is 0 Å². The molecule has 0 spiro atoms. The van der Waals surface area contributed by atoms with Gasteiger partial charge in [0.2, 0.25) is 5.88 Å². The molecule has 6 heteroatoms. The van der Waals surface area contributed by atoms with Crippen molar-refractivity contribution in [1.29, 1.82) is 0 Å². The lowest BCUT2D eigenvalue weighted by Crippen LogP contribution is -2.14. The largest absolute Gasteiger partial charge is 0.469 e. The molecule has 0 aliphatic rings. The zero-order valence-corrected chi connectivity index (χ0v) is 17.6. The number of ether oxygens (including phenoxy) is 1. The second kappa shape index (κ2) is 8.48. The average molecular weight is 427 g/mol. The van der Waals surface area contributed by atoms with Crippen LogP contribution < -0.4 is 4.74 Å². The third-order valence-corrected chi connectivity index (χ3v) is 4.96. The summed E-state index contributed by atoms with van der Waals surface area (Å²) in [6.07, 6.45) is 3.45. The van der Waals surface area contributed by atoms with Crippen molar-refractivity contribution in [2.45, 2.75) is 26.9 Å². The second-order valence-corrected chi connectivity index (χ2v) is 7.27. The number of aryl methyl sites for hydroxylation is 1. The maximum atomic E-state index is 6.11. The number of hydrogen-bond acceptors (Lipinski definition) is 4. The van der Waals surface area contributed by atoms with Crippen LogP contribution in [0.15, 0.2) is 52.1 Å². The minimum Gasteiger partial charge on any atom is -0.469 e. The van der Waals surface area contributed by atoms with Crippen molar-refractivity contribution in [3.63, 3.8) is 0 Å². The number of pyridine rings is 2. The van der Waals surface area contributed by atoms with Gasteiger partial charge in [-0.3, -0.25) is 4.98 Å². The molecule has 0 aliphatic carbocycles. The van der Waals surface area contributed by atoms with Gasteiger partial charge in [-0.05, 0) is 60.5 Å². The normalized spacial score (nSPS) is 12.5. The van der Waals surface area contributed by atoms with Crippen LogP contribution in [0, 0.1) is 6.92 Å². The molecule has 0 saturated carbocycles. The molecular formula is C21H23BrN4O. The number of rotatable bonds is 6. The van der Waals surface area contributed by atoms with Gasteiger partial charge in [0, 0.05) is 25.2 Å². The van der Waals surface area contributed by atoms with E-state index in [0.29, 0.717) is 5.88 Å². The average Bonchev–Trinajstić information content (AvgIpc) is 2.68. The molecule has 140 valence electrons. The molecule has 0 saturated heterocycles. The Labute approximate surface area is 168 Å². The first-order valence-electron chi connectivity index (χ1n) is 8.91. The topological polar surface area (TPSA) is 50.6 Å². The van der Waals surface area contributed by atoms with Crippen LogP contribution in [-0.4, -0.2) is 34.8 Å². The highest BCUT2D eigenvalue weighted by Crippen LogP contribution is 2.32. The van der Waals surface area contributed by atoms with Crippen LogP contribution in [0.25, 0.3) is 10.9 Å². The Morgan fingerprint density at radius 2 is 2.11 bits per heavy atom. The first kappa shape index (κ1) is 19.3. The molecule has 0 amide bonds. The van der Waals surface area contributed by atoms with Gasteiger partial charge in [0.15, 0.2) is 0 Å². The van der Waals surface area contributed by atoms with Crippen molar-refractivity contribution < 1.29 is 4.74 Å². The molecule has 5 nitrogen and oxygen atoms in total. The Morgan fingerprint density at radius 1 is 1.30 bits per heavy atom. The van der Waals surface area contributed by atoms with Gasteiger partial charge in [-0.2, -0.15) is 0 Å². The molecule has 1 unspecified atom stereocenters. The Balaban J connectivity index is 1.81. The van der Waals surface area contributed by atoms with Gasteiger partial charge in [-0.25, -0.2) is 9.98 Å². The fraction of sp³-hybridized carbons (Fsp3) is 0.286. The van der Waals surface area contributed by atoms with E-state index in [0.717, 1.165) is 38.9 Å². The van der Waals surface area contributed by atoms with E-state index in [1.54, 1.807) is 6.20 Å². The van der Waals surface area contributed by atoms with E-state index < -0.39 is 0 Å². The van der Waals surface area contributed by atoms with Crippen LogP contribution in [0.4, 0.5) is 5.69 Å². The molecular weight excluding hydrogens is 404 g/mol. The van der Waals surface area contributed by atoms with Crippen molar-refractivity contribution in [2.75, 3.05) is 13.6 Å². The fourth-order valence-corrected chi connectivity index (χ4v) is 2.98. The van der Waals surface area contributed by atoms with Gasteiger partial charge in [-0.1, -0.05) is 18.2 Å². The minimum absolute atomic E-state index is 0.153. The number of halogens is 1. The maximum absolute atomic E-state index is 6.11. The predicted molar refractivity (Wildman–Crippen MR) is 114 cm³/mol. The molecule has 0 aliphatic heterocycles. The lowest BCUT2D eigenvalue weighted by molar-refractivity contribution is 0.215. The summed E-state index contributed by atoms with van der Waals surface area (Å²) < 4.78 is 6.90. The van der Waals surface area contributed by atoms with Gasteiger partial charge >= 0.3 is 0 Å². The lowest BCUT2D eigenvalue weighted by atomic mass is 10.1. The van der Waals surface area contributed by atoms with Crippen LogP contribution in [0.1, 0.15) is 31.2 Å². The van der Waals surface area contributed by atoms with Crippen molar-refractivity contribution in [3.05, 3.63) is 58.3 Å². The number of aromatic nitrogens is 2.